The van der Waals surface area contributed by atoms with Crippen molar-refractivity contribution in [3.8, 4) is 0 Å². The van der Waals surface area contributed by atoms with Crippen LogP contribution in [0.25, 0.3) is 0 Å². The highest BCUT2D eigenvalue weighted by Crippen LogP contribution is 2.10. The van der Waals surface area contributed by atoms with E-state index in [1.807, 2.05) is 31.5 Å². The van der Waals surface area contributed by atoms with E-state index in [1.54, 1.807) is 6.26 Å². The molecule has 3 heterocycles. The van der Waals surface area contributed by atoms with E-state index in [9.17, 15) is 4.79 Å². The molecule has 1 aliphatic heterocycles. The molecular weight excluding hydrogens is 318 g/mol. The third-order valence-corrected chi connectivity index (χ3v) is 4.86. The van der Waals surface area contributed by atoms with E-state index in [1.165, 1.54) is 0 Å². The van der Waals surface area contributed by atoms with Gasteiger partial charge in [-0.15, -0.1) is 0 Å². The van der Waals surface area contributed by atoms with Gasteiger partial charge in [-0.05, 0) is 26.0 Å². The van der Waals surface area contributed by atoms with Crippen LogP contribution in [0.3, 0.4) is 0 Å². The smallest absolute Gasteiger partial charge is 0.237 e. The first kappa shape index (κ1) is 17.7. The summed E-state index contributed by atoms with van der Waals surface area (Å²) in [5, 5.41) is 2.94. The molecule has 3 rings (SSSR count). The van der Waals surface area contributed by atoms with Crippen molar-refractivity contribution in [1.29, 1.82) is 0 Å². The summed E-state index contributed by atoms with van der Waals surface area (Å²) < 4.78 is 7.43. The summed E-state index contributed by atoms with van der Waals surface area (Å²) in [5.41, 5.74) is 0. The van der Waals surface area contributed by atoms with E-state index in [-0.39, 0.29) is 11.9 Å². The summed E-state index contributed by atoms with van der Waals surface area (Å²) in [6, 6.07) is 3.56. The summed E-state index contributed by atoms with van der Waals surface area (Å²) in [6.07, 6.45) is 5.51. The number of rotatable bonds is 7. The van der Waals surface area contributed by atoms with E-state index in [0.717, 1.165) is 50.9 Å². The molecule has 2 aromatic rings. The van der Waals surface area contributed by atoms with Crippen molar-refractivity contribution in [3.05, 3.63) is 42.4 Å². The first-order valence-corrected chi connectivity index (χ1v) is 8.94. The van der Waals surface area contributed by atoms with Gasteiger partial charge < -0.3 is 14.3 Å². The van der Waals surface area contributed by atoms with Crippen LogP contribution < -0.4 is 5.32 Å². The van der Waals surface area contributed by atoms with Gasteiger partial charge in [-0.1, -0.05) is 0 Å². The van der Waals surface area contributed by atoms with Crippen LogP contribution in [0.5, 0.6) is 0 Å². The van der Waals surface area contributed by atoms with Gasteiger partial charge in [-0.3, -0.25) is 14.6 Å². The zero-order chi connectivity index (χ0) is 17.6. The molecule has 1 atom stereocenters. The summed E-state index contributed by atoms with van der Waals surface area (Å²) in [6.45, 7) is 10.0. The molecule has 136 valence electrons. The number of hydrogen-bond donors (Lipinski definition) is 1. The summed E-state index contributed by atoms with van der Waals surface area (Å²) in [5.74, 6) is 1.93. The van der Waals surface area contributed by atoms with Crippen LogP contribution in [0.4, 0.5) is 0 Å². The highest BCUT2D eigenvalue weighted by atomic mass is 16.3. The Morgan fingerprint density at radius 1 is 1.36 bits per heavy atom. The Bertz CT molecular complexity index is 659. The van der Waals surface area contributed by atoms with Crippen molar-refractivity contribution in [3.63, 3.8) is 0 Å². The molecule has 1 N–H and O–H groups in total. The predicted molar refractivity (Wildman–Crippen MR) is 94.8 cm³/mol. The summed E-state index contributed by atoms with van der Waals surface area (Å²) in [4.78, 5) is 21.4. The average Bonchev–Trinajstić information content (AvgIpc) is 3.31. The van der Waals surface area contributed by atoms with Gasteiger partial charge in [0.2, 0.25) is 5.91 Å². The maximum absolute atomic E-state index is 12.3. The summed E-state index contributed by atoms with van der Waals surface area (Å²) >= 11 is 0. The molecule has 25 heavy (non-hydrogen) atoms. The van der Waals surface area contributed by atoms with Crippen LogP contribution in [0, 0.1) is 0 Å². The molecule has 1 saturated heterocycles. The lowest BCUT2D eigenvalue weighted by Crippen LogP contribution is -2.53. The highest BCUT2D eigenvalue weighted by Gasteiger charge is 2.26. The van der Waals surface area contributed by atoms with Crippen LogP contribution in [-0.2, 0) is 24.4 Å². The van der Waals surface area contributed by atoms with Crippen molar-refractivity contribution in [2.75, 3.05) is 26.2 Å². The molecule has 0 spiro atoms. The van der Waals surface area contributed by atoms with Crippen LogP contribution in [-0.4, -0.2) is 57.5 Å². The second-order valence-corrected chi connectivity index (χ2v) is 6.41. The number of hydrogen-bond acceptors (Lipinski definition) is 5. The molecule has 1 aliphatic rings. The topological polar surface area (TPSA) is 66.5 Å². The standard InChI is InChI=1S/C18H27N5O2/c1-3-22-7-6-19-17(22)14-21-8-10-23(11-9-21)15(2)18(24)20-13-16-5-4-12-25-16/h4-7,12,15H,3,8-11,13-14H2,1-2H3,(H,20,24)/t15-/m0/s1. The van der Waals surface area contributed by atoms with Gasteiger partial charge in [0.15, 0.2) is 0 Å². The minimum absolute atomic E-state index is 0.0476. The number of nitrogens with one attached hydrogen (secondary N) is 1. The van der Waals surface area contributed by atoms with Crippen LogP contribution in [0.2, 0.25) is 0 Å². The fourth-order valence-electron chi connectivity index (χ4n) is 3.19. The molecular formula is C18H27N5O2. The normalized spacial score (nSPS) is 17.5. The number of carbonyl (C=O) groups is 1. The number of amides is 1. The van der Waals surface area contributed by atoms with Gasteiger partial charge in [0.25, 0.3) is 0 Å². The molecule has 0 unspecified atom stereocenters. The van der Waals surface area contributed by atoms with Gasteiger partial charge in [0.1, 0.15) is 11.6 Å². The lowest BCUT2D eigenvalue weighted by atomic mass is 10.2. The van der Waals surface area contributed by atoms with Gasteiger partial charge in [-0.25, -0.2) is 4.98 Å². The van der Waals surface area contributed by atoms with Crippen molar-refractivity contribution < 1.29 is 9.21 Å². The molecule has 0 radical (unpaired) electrons. The van der Waals surface area contributed by atoms with E-state index < -0.39 is 0 Å². The first-order valence-electron chi connectivity index (χ1n) is 8.94. The van der Waals surface area contributed by atoms with Gasteiger partial charge in [0.05, 0.1) is 25.4 Å². The van der Waals surface area contributed by atoms with Gasteiger partial charge in [-0.2, -0.15) is 0 Å². The second kappa shape index (κ2) is 8.31. The lowest BCUT2D eigenvalue weighted by Gasteiger charge is -2.37. The van der Waals surface area contributed by atoms with Crippen LogP contribution in [0.1, 0.15) is 25.4 Å². The van der Waals surface area contributed by atoms with Crippen molar-refractivity contribution >= 4 is 5.91 Å². The number of piperazine rings is 1. The molecule has 0 bridgehead atoms. The van der Waals surface area contributed by atoms with Crippen molar-refractivity contribution in [1.82, 2.24) is 24.7 Å². The fourth-order valence-corrected chi connectivity index (χ4v) is 3.19. The number of nitrogens with zero attached hydrogens (tertiary/aromatic N) is 4. The molecule has 0 aliphatic carbocycles. The first-order chi connectivity index (χ1) is 12.2. The van der Waals surface area contributed by atoms with E-state index in [2.05, 4.69) is 31.6 Å². The third-order valence-electron chi connectivity index (χ3n) is 4.86. The molecule has 1 amide bonds. The minimum atomic E-state index is -0.130. The maximum atomic E-state index is 12.3. The van der Waals surface area contributed by atoms with Gasteiger partial charge in [0, 0.05) is 45.1 Å². The minimum Gasteiger partial charge on any atom is -0.467 e. The largest absolute Gasteiger partial charge is 0.467 e. The van der Waals surface area contributed by atoms with Crippen molar-refractivity contribution in [2.45, 2.75) is 39.5 Å². The fraction of sp³-hybridized carbons (Fsp3) is 0.556. The number of aryl methyl sites for hydroxylation is 1. The Balaban J connectivity index is 1.44. The SMILES string of the molecule is CCn1ccnc1CN1CCN([C@@H](C)C(=O)NCc2ccco2)CC1. The Morgan fingerprint density at radius 2 is 2.16 bits per heavy atom. The van der Waals surface area contributed by atoms with E-state index in [4.69, 9.17) is 4.42 Å². The van der Waals surface area contributed by atoms with Crippen LogP contribution >= 0.6 is 0 Å². The van der Waals surface area contributed by atoms with Gasteiger partial charge >= 0.3 is 0 Å². The molecule has 7 heteroatoms. The zero-order valence-corrected chi connectivity index (χ0v) is 15.0. The molecule has 2 aromatic heterocycles. The maximum Gasteiger partial charge on any atom is 0.237 e. The number of carbonyl (C=O) groups excluding carboxylic acids is 1. The number of imidazole rings is 1. The molecule has 7 nitrogen and oxygen atoms in total. The van der Waals surface area contributed by atoms with E-state index in [0.29, 0.717) is 6.54 Å². The monoisotopic (exact) mass is 345 g/mol. The van der Waals surface area contributed by atoms with E-state index >= 15 is 0 Å². The molecule has 0 saturated carbocycles. The lowest BCUT2D eigenvalue weighted by molar-refractivity contribution is -0.126. The molecule has 1 fully saturated rings. The average molecular weight is 345 g/mol. The Hall–Kier alpha value is -2.12. The zero-order valence-electron chi connectivity index (χ0n) is 15.0. The summed E-state index contributed by atoms with van der Waals surface area (Å²) in [7, 11) is 0. The Kier molecular flexibility index (Phi) is 5.88. The number of aromatic nitrogens is 2. The van der Waals surface area contributed by atoms with Crippen molar-refractivity contribution in [2.24, 2.45) is 0 Å². The third kappa shape index (κ3) is 4.49. The predicted octanol–water partition coefficient (Wildman–Crippen LogP) is 1.32. The van der Waals surface area contributed by atoms with Crippen LogP contribution in [0.15, 0.2) is 35.2 Å². The molecule has 0 aromatic carbocycles. The second-order valence-electron chi connectivity index (χ2n) is 6.41. The highest BCUT2D eigenvalue weighted by molar-refractivity contribution is 5.81. The Morgan fingerprint density at radius 3 is 2.84 bits per heavy atom. The number of furan rings is 1. The quantitative estimate of drug-likeness (QED) is 0.820. The Labute approximate surface area is 148 Å².